The Bertz CT molecular complexity index is 581. The Hall–Kier alpha value is -1.50. The van der Waals surface area contributed by atoms with Crippen LogP contribution in [0.5, 0.6) is 0 Å². The Kier molecular flexibility index (Phi) is 2.54. The summed E-state index contributed by atoms with van der Waals surface area (Å²) in [5.74, 6) is 0.117. The number of aromatic nitrogens is 4. The molecule has 0 spiro atoms. The van der Waals surface area contributed by atoms with E-state index in [1.165, 1.54) is 0 Å². The van der Waals surface area contributed by atoms with Gasteiger partial charge in [-0.2, -0.15) is 0 Å². The molecule has 1 unspecified atom stereocenters. The van der Waals surface area contributed by atoms with Crippen LogP contribution in [0.3, 0.4) is 0 Å². The monoisotopic (exact) mass is 295 g/mol. The van der Waals surface area contributed by atoms with Crippen molar-refractivity contribution in [3.8, 4) is 0 Å². The number of halogens is 1. The average molecular weight is 296 g/mol. The van der Waals surface area contributed by atoms with Crippen LogP contribution in [0.2, 0.25) is 0 Å². The molecule has 17 heavy (non-hydrogen) atoms. The van der Waals surface area contributed by atoms with Crippen molar-refractivity contribution in [3.05, 3.63) is 17.1 Å². The molecule has 1 atom stereocenters. The Balaban J connectivity index is 1.90. The van der Waals surface area contributed by atoms with Gasteiger partial charge < -0.3 is 9.88 Å². The first-order valence-electron chi connectivity index (χ1n) is 5.35. The highest BCUT2D eigenvalue weighted by Gasteiger charge is 2.21. The van der Waals surface area contributed by atoms with Crippen molar-refractivity contribution in [3.63, 3.8) is 0 Å². The van der Waals surface area contributed by atoms with Crippen LogP contribution in [0, 0.1) is 0 Å². The normalized spacial score (nSPS) is 19.8. The van der Waals surface area contributed by atoms with E-state index in [1.54, 1.807) is 12.5 Å². The molecule has 3 heterocycles. The summed E-state index contributed by atoms with van der Waals surface area (Å²) in [6.45, 7) is 0.688. The zero-order valence-electron chi connectivity index (χ0n) is 8.93. The van der Waals surface area contributed by atoms with Gasteiger partial charge in [-0.25, -0.2) is 15.0 Å². The molecular weight excluding hydrogens is 286 g/mol. The Morgan fingerprint density at radius 1 is 1.53 bits per heavy atom. The number of fused-ring (bicyclic) bond motifs is 1. The number of rotatable bonds is 2. The second-order valence-corrected chi connectivity index (χ2v) is 4.85. The smallest absolute Gasteiger partial charge is 0.220 e. The summed E-state index contributed by atoms with van der Waals surface area (Å²) in [6.07, 6.45) is 4.80. The lowest BCUT2D eigenvalue weighted by Gasteiger charge is -2.10. The lowest BCUT2D eigenvalue weighted by Crippen LogP contribution is -2.29. The number of hydrogen-bond donors (Lipinski definition) is 1. The molecule has 1 N–H and O–H groups in total. The summed E-state index contributed by atoms with van der Waals surface area (Å²) in [7, 11) is 0. The summed E-state index contributed by atoms with van der Waals surface area (Å²) in [5, 5.41) is 2.92. The van der Waals surface area contributed by atoms with E-state index in [2.05, 4.69) is 36.2 Å². The van der Waals surface area contributed by atoms with Crippen LogP contribution in [-0.2, 0) is 11.3 Å². The van der Waals surface area contributed by atoms with Gasteiger partial charge in [0.25, 0.3) is 0 Å². The molecule has 0 saturated carbocycles. The van der Waals surface area contributed by atoms with Gasteiger partial charge in [-0.15, -0.1) is 0 Å². The molecule has 2 aromatic rings. The van der Waals surface area contributed by atoms with Crippen molar-refractivity contribution < 1.29 is 4.79 Å². The number of imidazole rings is 1. The molecule has 3 rings (SSSR count). The first kappa shape index (κ1) is 10.6. The molecule has 1 amide bonds. The van der Waals surface area contributed by atoms with Gasteiger partial charge in [0.1, 0.15) is 4.60 Å². The third-order valence-electron chi connectivity index (χ3n) is 2.80. The van der Waals surface area contributed by atoms with Crippen LogP contribution in [0.1, 0.15) is 12.8 Å². The molecule has 1 aliphatic rings. The highest BCUT2D eigenvalue weighted by atomic mass is 79.9. The number of carbonyl (C=O) groups is 1. The number of nitrogens with zero attached hydrogens (tertiary/aromatic N) is 4. The third kappa shape index (κ3) is 2.02. The van der Waals surface area contributed by atoms with E-state index < -0.39 is 0 Å². The van der Waals surface area contributed by atoms with Gasteiger partial charge in [0.2, 0.25) is 5.91 Å². The minimum atomic E-state index is 0.117. The van der Waals surface area contributed by atoms with Crippen LogP contribution in [-0.4, -0.2) is 31.5 Å². The van der Waals surface area contributed by atoms with E-state index in [4.69, 9.17) is 0 Å². The van der Waals surface area contributed by atoms with E-state index in [9.17, 15) is 4.79 Å². The Morgan fingerprint density at radius 2 is 2.41 bits per heavy atom. The summed E-state index contributed by atoms with van der Waals surface area (Å²) < 4.78 is 2.60. The molecule has 0 aromatic carbocycles. The van der Waals surface area contributed by atoms with Crippen molar-refractivity contribution in [1.82, 2.24) is 24.8 Å². The summed E-state index contributed by atoms with van der Waals surface area (Å²) in [5.41, 5.74) is 1.36. The zero-order chi connectivity index (χ0) is 11.8. The molecule has 1 fully saturated rings. The van der Waals surface area contributed by atoms with Gasteiger partial charge in [0.15, 0.2) is 11.3 Å². The quantitative estimate of drug-likeness (QED) is 0.892. The van der Waals surface area contributed by atoms with E-state index in [1.807, 2.05) is 4.57 Å². The van der Waals surface area contributed by atoms with Gasteiger partial charge >= 0.3 is 0 Å². The number of carbonyl (C=O) groups excluding carboxylic acids is 1. The van der Waals surface area contributed by atoms with Gasteiger partial charge in [-0.05, 0) is 22.4 Å². The lowest BCUT2D eigenvalue weighted by atomic mass is 10.2. The predicted octanol–water partition coefficient (Wildman–Crippen LogP) is 0.867. The minimum absolute atomic E-state index is 0.117. The standard InChI is InChI=1S/C10H10BrN5O/c11-7-3-12-9-10(15-7)16(5-13-9)4-6-1-2-8(17)14-6/h3,5-6H,1-2,4H2,(H,14,17). The van der Waals surface area contributed by atoms with Crippen molar-refractivity contribution in [2.45, 2.75) is 25.4 Å². The molecule has 7 heteroatoms. The molecule has 0 radical (unpaired) electrons. The Labute approximate surface area is 106 Å². The summed E-state index contributed by atoms with van der Waals surface area (Å²) >= 11 is 3.29. The molecule has 6 nitrogen and oxygen atoms in total. The fourth-order valence-corrected chi connectivity index (χ4v) is 2.27. The molecule has 88 valence electrons. The fraction of sp³-hybridized carbons (Fsp3) is 0.400. The topological polar surface area (TPSA) is 72.7 Å². The van der Waals surface area contributed by atoms with Crippen LogP contribution in [0.15, 0.2) is 17.1 Å². The first-order chi connectivity index (χ1) is 8.22. The van der Waals surface area contributed by atoms with Crippen LogP contribution in [0.25, 0.3) is 11.3 Å². The van der Waals surface area contributed by atoms with Crippen molar-refractivity contribution in [1.29, 1.82) is 0 Å². The van der Waals surface area contributed by atoms with Crippen molar-refractivity contribution in [2.24, 2.45) is 0 Å². The second-order valence-electron chi connectivity index (χ2n) is 4.04. The van der Waals surface area contributed by atoms with E-state index in [0.717, 1.165) is 12.1 Å². The molecule has 1 aliphatic heterocycles. The van der Waals surface area contributed by atoms with Gasteiger partial charge in [0, 0.05) is 19.0 Å². The maximum atomic E-state index is 11.1. The lowest BCUT2D eigenvalue weighted by molar-refractivity contribution is -0.119. The number of hydrogen-bond acceptors (Lipinski definition) is 4. The molecule has 1 saturated heterocycles. The molecule has 0 bridgehead atoms. The highest BCUT2D eigenvalue weighted by Crippen LogP contribution is 2.14. The highest BCUT2D eigenvalue weighted by molar-refractivity contribution is 9.10. The van der Waals surface area contributed by atoms with E-state index >= 15 is 0 Å². The predicted molar refractivity (Wildman–Crippen MR) is 64.2 cm³/mol. The average Bonchev–Trinajstić information content (AvgIpc) is 2.87. The second kappa shape index (κ2) is 4.06. The summed E-state index contributed by atoms with van der Waals surface area (Å²) in [6, 6.07) is 0.167. The van der Waals surface area contributed by atoms with Crippen molar-refractivity contribution >= 4 is 33.1 Å². The third-order valence-corrected chi connectivity index (χ3v) is 3.18. The van der Waals surface area contributed by atoms with Crippen LogP contribution in [0.4, 0.5) is 0 Å². The van der Waals surface area contributed by atoms with Gasteiger partial charge in [-0.3, -0.25) is 4.79 Å². The van der Waals surface area contributed by atoms with E-state index in [-0.39, 0.29) is 11.9 Å². The largest absolute Gasteiger partial charge is 0.352 e. The fourth-order valence-electron chi connectivity index (χ4n) is 2.00. The minimum Gasteiger partial charge on any atom is -0.352 e. The van der Waals surface area contributed by atoms with Crippen LogP contribution < -0.4 is 5.32 Å². The maximum Gasteiger partial charge on any atom is 0.220 e. The molecule has 0 aliphatic carbocycles. The zero-order valence-corrected chi connectivity index (χ0v) is 10.5. The molecular formula is C10H10BrN5O. The van der Waals surface area contributed by atoms with Crippen LogP contribution >= 0.6 is 15.9 Å². The van der Waals surface area contributed by atoms with Gasteiger partial charge in [0.05, 0.1) is 12.5 Å². The van der Waals surface area contributed by atoms with Crippen molar-refractivity contribution in [2.75, 3.05) is 0 Å². The number of amides is 1. The first-order valence-corrected chi connectivity index (χ1v) is 6.14. The maximum absolute atomic E-state index is 11.1. The summed E-state index contributed by atoms with van der Waals surface area (Å²) in [4.78, 5) is 23.8. The SMILES string of the molecule is O=C1CCC(Cn2cnc3ncc(Br)nc32)N1. The molecule has 2 aromatic heterocycles. The Morgan fingerprint density at radius 3 is 3.18 bits per heavy atom. The number of nitrogens with one attached hydrogen (secondary N) is 1. The van der Waals surface area contributed by atoms with Gasteiger partial charge in [-0.1, -0.05) is 0 Å². The van der Waals surface area contributed by atoms with E-state index in [0.29, 0.717) is 23.2 Å².